The largest absolute Gasteiger partial charge is 0.495 e. The second-order valence-corrected chi connectivity index (χ2v) is 3.61. The van der Waals surface area contributed by atoms with Crippen LogP contribution >= 0.6 is 0 Å². The molecule has 1 aromatic rings. The summed E-state index contributed by atoms with van der Waals surface area (Å²) in [6.45, 7) is 3.02. The average Bonchev–Trinajstić information content (AvgIpc) is 2.30. The van der Waals surface area contributed by atoms with Gasteiger partial charge in [0, 0.05) is 26.2 Å². The third-order valence-corrected chi connectivity index (χ3v) is 2.68. The number of hydrogen-bond donors (Lipinski definition) is 1. The lowest BCUT2D eigenvalue weighted by molar-refractivity contribution is -0.0936. The molecule has 82 valence electrons. The zero-order chi connectivity index (χ0) is 10.7. The maximum absolute atomic E-state index is 9.28. The van der Waals surface area contributed by atoms with Crippen LogP contribution in [0.2, 0.25) is 0 Å². The first-order valence-electron chi connectivity index (χ1n) is 5.13. The lowest BCUT2D eigenvalue weighted by Crippen LogP contribution is -2.44. The first kappa shape index (κ1) is 10.3. The maximum atomic E-state index is 9.28. The smallest absolute Gasteiger partial charge is 0.142 e. The van der Waals surface area contributed by atoms with Crippen LogP contribution in [0.1, 0.15) is 0 Å². The standard InChI is InChI=1S/C11H16N2O2/c1-15-11-5-3-2-4-10(11)12-6-8-13(14)9-7-12/h2-5,14H,6-9H2,1H3. The zero-order valence-electron chi connectivity index (χ0n) is 8.89. The quantitative estimate of drug-likeness (QED) is 0.792. The Morgan fingerprint density at radius 1 is 1.13 bits per heavy atom. The van der Waals surface area contributed by atoms with Crippen molar-refractivity contribution in [2.75, 3.05) is 38.2 Å². The Hall–Kier alpha value is -1.26. The van der Waals surface area contributed by atoms with E-state index in [0.717, 1.165) is 24.5 Å². The van der Waals surface area contributed by atoms with Crippen molar-refractivity contribution in [1.82, 2.24) is 5.06 Å². The van der Waals surface area contributed by atoms with Crippen molar-refractivity contribution in [1.29, 1.82) is 0 Å². The number of ether oxygens (including phenoxy) is 1. The minimum atomic E-state index is 0.679. The summed E-state index contributed by atoms with van der Waals surface area (Å²) in [6.07, 6.45) is 0. The summed E-state index contributed by atoms with van der Waals surface area (Å²) >= 11 is 0. The minimum Gasteiger partial charge on any atom is -0.495 e. The molecule has 4 nitrogen and oxygen atoms in total. The predicted octanol–water partition coefficient (Wildman–Crippen LogP) is 1.21. The van der Waals surface area contributed by atoms with Crippen LogP contribution in [0.15, 0.2) is 24.3 Å². The number of rotatable bonds is 2. The van der Waals surface area contributed by atoms with E-state index in [1.165, 1.54) is 5.06 Å². The fourth-order valence-corrected chi connectivity index (χ4v) is 1.83. The summed E-state index contributed by atoms with van der Waals surface area (Å²) in [6, 6.07) is 7.97. The van der Waals surface area contributed by atoms with Crippen LogP contribution in [0, 0.1) is 0 Å². The number of piperazine rings is 1. The molecule has 1 aromatic carbocycles. The van der Waals surface area contributed by atoms with E-state index in [1.54, 1.807) is 7.11 Å². The summed E-state index contributed by atoms with van der Waals surface area (Å²) in [5, 5.41) is 10.6. The van der Waals surface area contributed by atoms with Gasteiger partial charge in [0.15, 0.2) is 0 Å². The van der Waals surface area contributed by atoms with E-state index >= 15 is 0 Å². The molecule has 2 rings (SSSR count). The number of benzene rings is 1. The summed E-state index contributed by atoms with van der Waals surface area (Å²) in [5.74, 6) is 0.892. The Balaban J connectivity index is 2.15. The molecule has 15 heavy (non-hydrogen) atoms. The molecule has 1 N–H and O–H groups in total. The van der Waals surface area contributed by atoms with Crippen molar-refractivity contribution in [3.63, 3.8) is 0 Å². The van der Waals surface area contributed by atoms with E-state index < -0.39 is 0 Å². The van der Waals surface area contributed by atoms with Gasteiger partial charge in [0.05, 0.1) is 12.8 Å². The molecule has 0 aliphatic carbocycles. The lowest BCUT2D eigenvalue weighted by atomic mass is 10.2. The predicted molar refractivity (Wildman–Crippen MR) is 58.6 cm³/mol. The van der Waals surface area contributed by atoms with Crippen molar-refractivity contribution in [3.05, 3.63) is 24.3 Å². The fraction of sp³-hybridized carbons (Fsp3) is 0.455. The normalized spacial score (nSPS) is 17.9. The molecule has 1 fully saturated rings. The molecule has 0 bridgehead atoms. The summed E-state index contributed by atoms with van der Waals surface area (Å²) in [5.41, 5.74) is 1.10. The number of hydroxylamine groups is 2. The number of para-hydroxylation sites is 2. The first-order valence-corrected chi connectivity index (χ1v) is 5.13. The van der Waals surface area contributed by atoms with Crippen LogP contribution in [0.3, 0.4) is 0 Å². The molecule has 0 aromatic heterocycles. The molecule has 0 atom stereocenters. The lowest BCUT2D eigenvalue weighted by Gasteiger charge is -2.33. The SMILES string of the molecule is COc1ccccc1N1CCN(O)CC1. The third kappa shape index (κ3) is 2.22. The van der Waals surface area contributed by atoms with Crippen LogP contribution in [-0.4, -0.2) is 43.6 Å². The Bertz CT molecular complexity index is 322. The number of hydrogen-bond acceptors (Lipinski definition) is 4. The highest BCUT2D eigenvalue weighted by Gasteiger charge is 2.17. The fourth-order valence-electron chi connectivity index (χ4n) is 1.83. The summed E-state index contributed by atoms with van der Waals surface area (Å²) in [4.78, 5) is 2.23. The highest BCUT2D eigenvalue weighted by molar-refractivity contribution is 5.58. The van der Waals surface area contributed by atoms with Crippen LogP contribution in [-0.2, 0) is 0 Å². The van der Waals surface area contributed by atoms with Gasteiger partial charge in [-0.25, -0.2) is 0 Å². The van der Waals surface area contributed by atoms with Crippen molar-refractivity contribution in [2.24, 2.45) is 0 Å². The molecular weight excluding hydrogens is 192 g/mol. The van der Waals surface area contributed by atoms with E-state index in [-0.39, 0.29) is 0 Å². The van der Waals surface area contributed by atoms with Crippen LogP contribution < -0.4 is 9.64 Å². The van der Waals surface area contributed by atoms with Gasteiger partial charge in [-0.3, -0.25) is 0 Å². The van der Waals surface area contributed by atoms with Gasteiger partial charge >= 0.3 is 0 Å². The van der Waals surface area contributed by atoms with Gasteiger partial charge in [0.25, 0.3) is 0 Å². The van der Waals surface area contributed by atoms with Crippen molar-refractivity contribution < 1.29 is 9.94 Å². The number of methoxy groups -OCH3 is 1. The molecular formula is C11H16N2O2. The van der Waals surface area contributed by atoms with Crippen molar-refractivity contribution >= 4 is 5.69 Å². The summed E-state index contributed by atoms with van der Waals surface area (Å²) in [7, 11) is 1.68. The van der Waals surface area contributed by atoms with E-state index in [9.17, 15) is 5.21 Å². The molecule has 1 heterocycles. The van der Waals surface area contributed by atoms with Gasteiger partial charge in [0.1, 0.15) is 5.75 Å². The molecule has 0 saturated carbocycles. The Morgan fingerprint density at radius 2 is 1.80 bits per heavy atom. The Labute approximate surface area is 89.6 Å². The van der Waals surface area contributed by atoms with Gasteiger partial charge in [-0.2, -0.15) is 5.06 Å². The minimum absolute atomic E-state index is 0.679. The molecule has 1 saturated heterocycles. The highest BCUT2D eigenvalue weighted by Crippen LogP contribution is 2.27. The van der Waals surface area contributed by atoms with E-state index in [2.05, 4.69) is 4.90 Å². The molecule has 4 heteroatoms. The van der Waals surface area contributed by atoms with Crippen molar-refractivity contribution in [2.45, 2.75) is 0 Å². The van der Waals surface area contributed by atoms with Crippen LogP contribution in [0.5, 0.6) is 5.75 Å². The Kier molecular flexibility index (Phi) is 3.08. The van der Waals surface area contributed by atoms with Gasteiger partial charge in [-0.15, -0.1) is 0 Å². The highest BCUT2D eigenvalue weighted by atomic mass is 16.5. The van der Waals surface area contributed by atoms with Gasteiger partial charge < -0.3 is 14.8 Å². The Morgan fingerprint density at radius 3 is 2.47 bits per heavy atom. The maximum Gasteiger partial charge on any atom is 0.142 e. The second-order valence-electron chi connectivity index (χ2n) is 3.61. The molecule has 0 amide bonds. The van der Waals surface area contributed by atoms with Crippen LogP contribution in [0.25, 0.3) is 0 Å². The second kappa shape index (κ2) is 4.51. The zero-order valence-corrected chi connectivity index (χ0v) is 8.89. The molecule has 0 spiro atoms. The molecule has 0 radical (unpaired) electrons. The van der Waals surface area contributed by atoms with Crippen molar-refractivity contribution in [3.8, 4) is 5.75 Å². The molecule has 1 aliphatic heterocycles. The van der Waals surface area contributed by atoms with Crippen LogP contribution in [0.4, 0.5) is 5.69 Å². The number of nitrogens with zero attached hydrogens (tertiary/aromatic N) is 2. The van der Waals surface area contributed by atoms with E-state index in [1.807, 2.05) is 24.3 Å². The van der Waals surface area contributed by atoms with E-state index in [0.29, 0.717) is 13.1 Å². The van der Waals surface area contributed by atoms with Gasteiger partial charge in [-0.1, -0.05) is 12.1 Å². The number of anilines is 1. The molecule has 0 unspecified atom stereocenters. The molecule has 1 aliphatic rings. The topological polar surface area (TPSA) is 35.9 Å². The van der Waals surface area contributed by atoms with Gasteiger partial charge in [-0.05, 0) is 12.1 Å². The van der Waals surface area contributed by atoms with Gasteiger partial charge in [0.2, 0.25) is 0 Å². The van der Waals surface area contributed by atoms with E-state index in [4.69, 9.17) is 4.74 Å². The summed E-state index contributed by atoms with van der Waals surface area (Å²) < 4.78 is 5.31. The third-order valence-electron chi connectivity index (χ3n) is 2.68. The monoisotopic (exact) mass is 208 g/mol. The first-order chi connectivity index (χ1) is 7.31. The average molecular weight is 208 g/mol.